The average molecular weight is 405 g/mol. The SMILES string of the molecule is Cl.O=C1CCc2c(OCCCNCCCO)cccc2N1Cc1ccccc1. The number of ether oxygens (including phenoxy) is 1. The van der Waals surface area contributed by atoms with Gasteiger partial charge in [0.1, 0.15) is 5.75 Å². The number of aliphatic hydroxyl groups excluding tert-OH is 1. The molecule has 0 radical (unpaired) electrons. The van der Waals surface area contributed by atoms with Gasteiger partial charge in [-0.25, -0.2) is 0 Å². The highest BCUT2D eigenvalue weighted by Gasteiger charge is 2.26. The Morgan fingerprint density at radius 1 is 1.00 bits per heavy atom. The van der Waals surface area contributed by atoms with E-state index in [0.29, 0.717) is 19.6 Å². The van der Waals surface area contributed by atoms with Gasteiger partial charge < -0.3 is 20.1 Å². The Labute approximate surface area is 173 Å². The molecule has 1 aliphatic heterocycles. The molecule has 2 aromatic carbocycles. The number of halogens is 1. The Hall–Kier alpha value is -2.08. The Morgan fingerprint density at radius 3 is 2.57 bits per heavy atom. The van der Waals surface area contributed by atoms with Crippen molar-refractivity contribution in [2.75, 3.05) is 31.2 Å². The maximum Gasteiger partial charge on any atom is 0.227 e. The molecule has 28 heavy (non-hydrogen) atoms. The summed E-state index contributed by atoms with van der Waals surface area (Å²) >= 11 is 0. The van der Waals surface area contributed by atoms with E-state index in [1.165, 1.54) is 0 Å². The highest BCUT2D eigenvalue weighted by molar-refractivity contribution is 5.96. The van der Waals surface area contributed by atoms with E-state index in [0.717, 1.165) is 54.9 Å². The zero-order valence-corrected chi connectivity index (χ0v) is 16.9. The van der Waals surface area contributed by atoms with Crippen LogP contribution in [0.4, 0.5) is 5.69 Å². The molecule has 3 rings (SSSR count). The first kappa shape index (κ1) is 22.2. The molecule has 0 unspecified atom stereocenters. The van der Waals surface area contributed by atoms with Gasteiger partial charge in [0.2, 0.25) is 5.91 Å². The van der Waals surface area contributed by atoms with Crippen LogP contribution in [0.1, 0.15) is 30.4 Å². The van der Waals surface area contributed by atoms with E-state index >= 15 is 0 Å². The van der Waals surface area contributed by atoms with E-state index in [9.17, 15) is 4.79 Å². The van der Waals surface area contributed by atoms with Gasteiger partial charge in [-0.15, -0.1) is 12.4 Å². The van der Waals surface area contributed by atoms with Crippen molar-refractivity contribution in [2.45, 2.75) is 32.2 Å². The summed E-state index contributed by atoms with van der Waals surface area (Å²) in [4.78, 5) is 14.4. The van der Waals surface area contributed by atoms with E-state index in [1.54, 1.807) is 0 Å². The van der Waals surface area contributed by atoms with E-state index in [4.69, 9.17) is 9.84 Å². The number of aliphatic hydroxyl groups is 1. The van der Waals surface area contributed by atoms with Gasteiger partial charge in [0.25, 0.3) is 0 Å². The lowest BCUT2D eigenvalue weighted by Gasteiger charge is -2.30. The molecular formula is C22H29ClN2O3. The van der Waals surface area contributed by atoms with Crippen molar-refractivity contribution in [1.29, 1.82) is 0 Å². The zero-order chi connectivity index (χ0) is 18.9. The van der Waals surface area contributed by atoms with Gasteiger partial charge in [0, 0.05) is 18.6 Å². The summed E-state index contributed by atoms with van der Waals surface area (Å²) in [5, 5.41) is 12.1. The summed E-state index contributed by atoms with van der Waals surface area (Å²) in [5.74, 6) is 1.05. The number of rotatable bonds is 10. The zero-order valence-electron chi connectivity index (χ0n) is 16.1. The van der Waals surface area contributed by atoms with Crippen molar-refractivity contribution in [3.8, 4) is 5.75 Å². The second-order valence-electron chi connectivity index (χ2n) is 6.75. The predicted molar refractivity (Wildman–Crippen MR) is 114 cm³/mol. The van der Waals surface area contributed by atoms with Crippen LogP contribution in [0.5, 0.6) is 5.75 Å². The molecule has 2 aromatic rings. The standard InChI is InChI=1S/C22H28N2O3.ClH/c25-15-5-13-23-14-6-16-27-21-10-4-9-20-19(21)11-12-22(26)24(20)17-18-7-2-1-3-8-18;/h1-4,7-10,23,25H,5-6,11-17H2;1H. The molecule has 0 spiro atoms. The Morgan fingerprint density at radius 2 is 1.79 bits per heavy atom. The summed E-state index contributed by atoms with van der Waals surface area (Å²) in [6.07, 6.45) is 2.92. The number of benzene rings is 2. The molecule has 0 aromatic heterocycles. The lowest BCUT2D eigenvalue weighted by molar-refractivity contribution is -0.119. The van der Waals surface area contributed by atoms with Crippen molar-refractivity contribution in [2.24, 2.45) is 0 Å². The monoisotopic (exact) mass is 404 g/mol. The number of nitrogens with one attached hydrogen (secondary N) is 1. The van der Waals surface area contributed by atoms with E-state index in [1.807, 2.05) is 53.4 Å². The molecule has 0 saturated heterocycles. The van der Waals surface area contributed by atoms with Crippen molar-refractivity contribution in [3.63, 3.8) is 0 Å². The predicted octanol–water partition coefficient (Wildman–Crippen LogP) is 3.33. The maximum atomic E-state index is 12.5. The van der Waals surface area contributed by atoms with E-state index in [2.05, 4.69) is 5.32 Å². The fourth-order valence-corrected chi connectivity index (χ4v) is 3.34. The third-order valence-corrected chi connectivity index (χ3v) is 4.74. The average Bonchev–Trinajstić information content (AvgIpc) is 2.70. The molecule has 1 heterocycles. The van der Waals surface area contributed by atoms with Crippen molar-refractivity contribution >= 4 is 24.0 Å². The number of carbonyl (C=O) groups excluding carboxylic acids is 1. The molecule has 0 saturated carbocycles. The number of fused-ring (bicyclic) bond motifs is 1. The third kappa shape index (κ3) is 5.96. The number of carbonyl (C=O) groups is 1. The van der Waals surface area contributed by atoms with Gasteiger partial charge >= 0.3 is 0 Å². The lowest BCUT2D eigenvalue weighted by atomic mass is 9.99. The van der Waals surface area contributed by atoms with Crippen molar-refractivity contribution in [3.05, 3.63) is 59.7 Å². The number of nitrogens with zero attached hydrogens (tertiary/aromatic N) is 1. The minimum atomic E-state index is 0. The van der Waals surface area contributed by atoms with Crippen LogP contribution in [0.3, 0.4) is 0 Å². The highest BCUT2D eigenvalue weighted by atomic mass is 35.5. The van der Waals surface area contributed by atoms with Crippen LogP contribution in [0, 0.1) is 0 Å². The first-order valence-corrected chi connectivity index (χ1v) is 9.70. The fraction of sp³-hybridized carbons (Fsp3) is 0.409. The van der Waals surface area contributed by atoms with Crippen molar-refractivity contribution in [1.82, 2.24) is 5.32 Å². The van der Waals surface area contributed by atoms with Gasteiger partial charge in [-0.3, -0.25) is 4.79 Å². The molecule has 0 aliphatic carbocycles. The second-order valence-corrected chi connectivity index (χ2v) is 6.75. The van der Waals surface area contributed by atoms with Crippen LogP contribution in [0.25, 0.3) is 0 Å². The Bertz CT molecular complexity index is 740. The maximum absolute atomic E-state index is 12.5. The number of amides is 1. The Kier molecular flexibility index (Phi) is 9.28. The summed E-state index contributed by atoms with van der Waals surface area (Å²) in [6.45, 7) is 3.14. The molecule has 2 N–H and O–H groups in total. The van der Waals surface area contributed by atoms with Crippen LogP contribution in [0.15, 0.2) is 48.5 Å². The summed E-state index contributed by atoms with van der Waals surface area (Å²) in [6, 6.07) is 16.0. The summed E-state index contributed by atoms with van der Waals surface area (Å²) < 4.78 is 6.02. The first-order valence-electron chi connectivity index (χ1n) is 9.70. The lowest BCUT2D eigenvalue weighted by Crippen LogP contribution is -2.34. The Balaban J connectivity index is 0.00000280. The third-order valence-electron chi connectivity index (χ3n) is 4.74. The summed E-state index contributed by atoms with van der Waals surface area (Å²) in [7, 11) is 0. The largest absolute Gasteiger partial charge is 0.493 e. The van der Waals surface area contributed by atoms with Gasteiger partial charge in [0.05, 0.1) is 18.8 Å². The van der Waals surface area contributed by atoms with Crippen LogP contribution in [-0.4, -0.2) is 37.3 Å². The van der Waals surface area contributed by atoms with Crippen molar-refractivity contribution < 1.29 is 14.6 Å². The van der Waals surface area contributed by atoms with Gasteiger partial charge in [-0.2, -0.15) is 0 Å². The van der Waals surface area contributed by atoms with E-state index in [-0.39, 0.29) is 24.9 Å². The molecule has 0 atom stereocenters. The molecule has 0 fully saturated rings. The van der Waals surface area contributed by atoms with Gasteiger partial charge in [-0.05, 0) is 50.0 Å². The molecular weight excluding hydrogens is 376 g/mol. The number of anilines is 1. The first-order chi connectivity index (χ1) is 13.3. The molecule has 6 heteroatoms. The molecule has 1 aliphatic rings. The minimum absolute atomic E-state index is 0. The number of hydrogen-bond donors (Lipinski definition) is 2. The van der Waals surface area contributed by atoms with E-state index < -0.39 is 0 Å². The van der Waals surface area contributed by atoms with Gasteiger partial charge in [-0.1, -0.05) is 36.4 Å². The van der Waals surface area contributed by atoms with Gasteiger partial charge in [0.15, 0.2) is 0 Å². The molecule has 152 valence electrons. The fourth-order valence-electron chi connectivity index (χ4n) is 3.34. The quantitative estimate of drug-likeness (QED) is 0.596. The summed E-state index contributed by atoms with van der Waals surface area (Å²) in [5.41, 5.74) is 3.22. The smallest absolute Gasteiger partial charge is 0.227 e. The number of hydrogen-bond acceptors (Lipinski definition) is 4. The molecule has 5 nitrogen and oxygen atoms in total. The molecule has 0 bridgehead atoms. The topological polar surface area (TPSA) is 61.8 Å². The van der Waals surface area contributed by atoms with Crippen LogP contribution >= 0.6 is 12.4 Å². The van der Waals surface area contributed by atoms with Crippen LogP contribution in [0.2, 0.25) is 0 Å². The minimum Gasteiger partial charge on any atom is -0.493 e. The molecule has 1 amide bonds. The van der Waals surface area contributed by atoms with Crippen LogP contribution in [-0.2, 0) is 17.8 Å². The normalized spacial score (nSPS) is 13.0. The second kappa shape index (κ2) is 11.7. The van der Waals surface area contributed by atoms with Crippen LogP contribution < -0.4 is 15.0 Å². The highest BCUT2D eigenvalue weighted by Crippen LogP contribution is 2.35.